The largest absolute Gasteiger partial charge is 0.319 e. The van der Waals surface area contributed by atoms with E-state index in [0.717, 1.165) is 16.9 Å². The van der Waals surface area contributed by atoms with Crippen LogP contribution in [0, 0.1) is 5.82 Å². The van der Waals surface area contributed by atoms with Crippen molar-refractivity contribution in [3.8, 4) is 5.69 Å². The first-order valence-electron chi connectivity index (χ1n) is 6.36. The van der Waals surface area contributed by atoms with E-state index in [0.29, 0.717) is 0 Å². The van der Waals surface area contributed by atoms with Gasteiger partial charge in [0.15, 0.2) is 0 Å². The molecule has 0 saturated carbocycles. The minimum absolute atomic E-state index is 0.268. The van der Waals surface area contributed by atoms with E-state index in [9.17, 15) is 4.39 Å². The van der Waals surface area contributed by atoms with Crippen LogP contribution < -0.4 is 5.73 Å². The smallest absolute Gasteiger partial charge is 0.123 e. The molecular formula is C16H14FN3. The van der Waals surface area contributed by atoms with Gasteiger partial charge in [0, 0.05) is 6.20 Å². The summed E-state index contributed by atoms with van der Waals surface area (Å²) in [5.41, 5.74) is 8.72. The number of benzene rings is 2. The summed E-state index contributed by atoms with van der Waals surface area (Å²) >= 11 is 0. The Hall–Kier alpha value is -2.46. The molecule has 3 aromatic rings. The van der Waals surface area contributed by atoms with Gasteiger partial charge < -0.3 is 5.73 Å². The molecule has 1 aromatic heterocycles. The summed E-state index contributed by atoms with van der Waals surface area (Å²) < 4.78 is 14.7. The number of hydrogen-bond donors (Lipinski definition) is 1. The number of nitrogens with two attached hydrogens (primary N) is 1. The molecule has 0 aliphatic rings. The minimum Gasteiger partial charge on any atom is -0.319 e. The van der Waals surface area contributed by atoms with E-state index in [1.807, 2.05) is 42.6 Å². The molecule has 3 rings (SSSR count). The molecule has 0 fully saturated rings. The van der Waals surface area contributed by atoms with E-state index in [4.69, 9.17) is 5.73 Å². The molecule has 2 N–H and O–H groups in total. The van der Waals surface area contributed by atoms with Crippen LogP contribution in [0.3, 0.4) is 0 Å². The zero-order chi connectivity index (χ0) is 13.9. The molecule has 0 saturated heterocycles. The van der Waals surface area contributed by atoms with Crippen molar-refractivity contribution in [1.82, 2.24) is 9.78 Å². The molecule has 100 valence electrons. The third kappa shape index (κ3) is 2.46. The first kappa shape index (κ1) is 12.6. The fourth-order valence-corrected chi connectivity index (χ4v) is 2.07. The first-order chi connectivity index (χ1) is 9.74. The van der Waals surface area contributed by atoms with Crippen LogP contribution in [0.15, 0.2) is 66.9 Å². The Balaban J connectivity index is 1.88. The lowest BCUT2D eigenvalue weighted by Crippen LogP contribution is -2.13. The van der Waals surface area contributed by atoms with E-state index in [2.05, 4.69) is 5.10 Å². The van der Waals surface area contributed by atoms with Gasteiger partial charge in [0.1, 0.15) is 5.82 Å². The van der Waals surface area contributed by atoms with Gasteiger partial charge in [0.05, 0.1) is 17.4 Å². The monoisotopic (exact) mass is 267 g/mol. The van der Waals surface area contributed by atoms with Crippen molar-refractivity contribution in [2.75, 3.05) is 0 Å². The van der Waals surface area contributed by atoms with Gasteiger partial charge in [0.25, 0.3) is 0 Å². The lowest BCUT2D eigenvalue weighted by molar-refractivity contribution is 0.626. The summed E-state index contributed by atoms with van der Waals surface area (Å²) in [7, 11) is 0. The second-order valence-corrected chi connectivity index (χ2v) is 4.55. The van der Waals surface area contributed by atoms with Gasteiger partial charge in [-0.05, 0) is 35.9 Å². The normalized spacial score (nSPS) is 12.3. The molecule has 0 amide bonds. The van der Waals surface area contributed by atoms with Gasteiger partial charge in [-0.1, -0.05) is 30.3 Å². The average Bonchev–Trinajstić information content (AvgIpc) is 2.98. The van der Waals surface area contributed by atoms with Crippen molar-refractivity contribution >= 4 is 0 Å². The summed E-state index contributed by atoms with van der Waals surface area (Å²) in [6.45, 7) is 0. The number of halogens is 1. The molecule has 0 aliphatic carbocycles. The van der Waals surface area contributed by atoms with Crippen molar-refractivity contribution in [2.24, 2.45) is 5.73 Å². The molecular weight excluding hydrogens is 253 g/mol. The summed E-state index contributed by atoms with van der Waals surface area (Å²) in [5, 5.41) is 4.48. The molecule has 1 unspecified atom stereocenters. The van der Waals surface area contributed by atoms with Crippen molar-refractivity contribution in [3.63, 3.8) is 0 Å². The van der Waals surface area contributed by atoms with Gasteiger partial charge in [-0.2, -0.15) is 5.10 Å². The Morgan fingerprint density at radius 1 is 0.950 bits per heavy atom. The molecule has 2 aromatic carbocycles. The van der Waals surface area contributed by atoms with E-state index >= 15 is 0 Å². The Kier molecular flexibility index (Phi) is 3.31. The predicted molar refractivity (Wildman–Crippen MR) is 76.0 cm³/mol. The maximum atomic E-state index is 12.9. The maximum absolute atomic E-state index is 12.9. The van der Waals surface area contributed by atoms with Crippen molar-refractivity contribution in [2.45, 2.75) is 6.04 Å². The third-order valence-corrected chi connectivity index (χ3v) is 3.18. The lowest BCUT2D eigenvalue weighted by atomic mass is 10.1. The summed E-state index contributed by atoms with van der Waals surface area (Å²) in [5.74, 6) is -0.268. The second kappa shape index (κ2) is 5.27. The van der Waals surface area contributed by atoms with Gasteiger partial charge in [0.2, 0.25) is 0 Å². The standard InChI is InChI=1S/C16H14FN3/c17-13-8-6-12(7-9-13)16(18)15-10-11-20(19-15)14-4-2-1-3-5-14/h1-11,16H,18H2. The Morgan fingerprint density at radius 2 is 1.65 bits per heavy atom. The number of aromatic nitrogens is 2. The van der Waals surface area contributed by atoms with Gasteiger partial charge in [-0.3, -0.25) is 0 Å². The topological polar surface area (TPSA) is 43.8 Å². The van der Waals surface area contributed by atoms with E-state index in [1.54, 1.807) is 16.8 Å². The SMILES string of the molecule is NC(c1ccc(F)cc1)c1ccn(-c2ccccc2)n1. The highest BCUT2D eigenvalue weighted by atomic mass is 19.1. The van der Waals surface area contributed by atoms with Crippen molar-refractivity contribution < 1.29 is 4.39 Å². The van der Waals surface area contributed by atoms with Crippen LogP contribution in [0.5, 0.6) is 0 Å². The van der Waals surface area contributed by atoms with Crippen LogP contribution >= 0.6 is 0 Å². The number of rotatable bonds is 3. The van der Waals surface area contributed by atoms with E-state index in [-0.39, 0.29) is 11.9 Å². The number of para-hydroxylation sites is 1. The Labute approximate surface area is 116 Å². The number of hydrogen-bond acceptors (Lipinski definition) is 2. The van der Waals surface area contributed by atoms with Crippen molar-refractivity contribution in [3.05, 3.63) is 83.9 Å². The quantitative estimate of drug-likeness (QED) is 0.792. The Morgan fingerprint density at radius 3 is 2.35 bits per heavy atom. The molecule has 0 bridgehead atoms. The van der Waals surface area contributed by atoms with Crippen molar-refractivity contribution in [1.29, 1.82) is 0 Å². The molecule has 3 nitrogen and oxygen atoms in total. The first-order valence-corrected chi connectivity index (χ1v) is 6.36. The zero-order valence-corrected chi connectivity index (χ0v) is 10.8. The summed E-state index contributed by atoms with van der Waals surface area (Å²) in [6.07, 6.45) is 1.87. The molecule has 0 spiro atoms. The van der Waals surface area contributed by atoms with Crippen LogP contribution in [0.25, 0.3) is 5.69 Å². The van der Waals surface area contributed by atoms with Crippen LogP contribution in [0.2, 0.25) is 0 Å². The predicted octanol–water partition coefficient (Wildman–Crippen LogP) is 3.06. The second-order valence-electron chi connectivity index (χ2n) is 4.55. The van der Waals surface area contributed by atoms with Crippen LogP contribution in [0.4, 0.5) is 4.39 Å². The van der Waals surface area contributed by atoms with E-state index in [1.165, 1.54) is 12.1 Å². The summed E-state index contributed by atoms with van der Waals surface area (Å²) in [4.78, 5) is 0. The van der Waals surface area contributed by atoms with Crippen LogP contribution in [-0.2, 0) is 0 Å². The molecule has 0 radical (unpaired) electrons. The molecule has 1 heterocycles. The van der Waals surface area contributed by atoms with Gasteiger partial charge >= 0.3 is 0 Å². The number of nitrogens with zero attached hydrogens (tertiary/aromatic N) is 2. The fourth-order valence-electron chi connectivity index (χ4n) is 2.07. The minimum atomic E-state index is -0.361. The van der Waals surface area contributed by atoms with Crippen LogP contribution in [0.1, 0.15) is 17.3 Å². The van der Waals surface area contributed by atoms with Crippen LogP contribution in [-0.4, -0.2) is 9.78 Å². The highest BCUT2D eigenvalue weighted by Gasteiger charge is 2.12. The van der Waals surface area contributed by atoms with Gasteiger partial charge in [-0.25, -0.2) is 9.07 Å². The maximum Gasteiger partial charge on any atom is 0.123 e. The Bertz CT molecular complexity index is 689. The zero-order valence-electron chi connectivity index (χ0n) is 10.8. The fraction of sp³-hybridized carbons (Fsp3) is 0.0625. The highest BCUT2D eigenvalue weighted by Crippen LogP contribution is 2.19. The summed E-state index contributed by atoms with van der Waals surface area (Å²) in [6, 6.07) is 17.5. The average molecular weight is 267 g/mol. The molecule has 20 heavy (non-hydrogen) atoms. The molecule has 4 heteroatoms. The molecule has 0 aliphatic heterocycles. The van der Waals surface area contributed by atoms with Gasteiger partial charge in [-0.15, -0.1) is 0 Å². The molecule has 1 atom stereocenters. The van der Waals surface area contributed by atoms with E-state index < -0.39 is 0 Å². The highest BCUT2D eigenvalue weighted by molar-refractivity contribution is 5.32. The third-order valence-electron chi connectivity index (χ3n) is 3.18. The lowest BCUT2D eigenvalue weighted by Gasteiger charge is -2.09.